The summed E-state index contributed by atoms with van der Waals surface area (Å²) in [6.07, 6.45) is 2.37. The minimum absolute atomic E-state index is 0.154. The van der Waals surface area contributed by atoms with Crippen molar-refractivity contribution >= 4 is 16.7 Å². The number of carbonyl (C=O) groups is 1. The number of nitrogens with one attached hydrogen (secondary N) is 1. The van der Waals surface area contributed by atoms with E-state index >= 15 is 0 Å². The number of benzene rings is 2. The van der Waals surface area contributed by atoms with Crippen molar-refractivity contribution in [2.45, 2.75) is 33.4 Å². The van der Waals surface area contributed by atoms with Crippen molar-refractivity contribution in [2.24, 2.45) is 5.73 Å². The lowest BCUT2D eigenvalue weighted by Gasteiger charge is -2.12. The number of halogens is 1. The number of carbonyl (C=O) groups excluding carboxylic acids is 1. The van der Waals surface area contributed by atoms with Crippen molar-refractivity contribution in [3.05, 3.63) is 93.3 Å². The predicted octanol–water partition coefficient (Wildman–Crippen LogP) is 4.41. The monoisotopic (exact) mass is 417 g/mol. The maximum atomic E-state index is 14.6. The number of aromatic nitrogens is 2. The molecule has 0 saturated heterocycles. The van der Waals surface area contributed by atoms with Crippen LogP contribution in [-0.4, -0.2) is 15.3 Å². The average molecular weight is 417 g/mol. The van der Waals surface area contributed by atoms with E-state index in [0.29, 0.717) is 28.9 Å². The lowest BCUT2D eigenvalue weighted by molar-refractivity contribution is 0.101. The van der Waals surface area contributed by atoms with Crippen molar-refractivity contribution in [3.63, 3.8) is 0 Å². The molecule has 0 amide bonds. The fourth-order valence-corrected chi connectivity index (χ4v) is 4.09. The standard InChI is InChI=1S/C25H24FN3O2/c1-3-16-7-9-22-20(12-16)23(19-5-4-10-28-25(19)31)24(15(2)30)29(22)14-18-11-17(13-27)6-8-21(18)26/h4-12H,3,13-14,27H2,1-2H3,(H,28,31). The quantitative estimate of drug-likeness (QED) is 0.456. The molecule has 0 bridgehead atoms. The van der Waals surface area contributed by atoms with E-state index in [1.54, 1.807) is 35.0 Å². The maximum absolute atomic E-state index is 14.6. The van der Waals surface area contributed by atoms with E-state index in [-0.39, 0.29) is 23.7 Å². The lowest BCUT2D eigenvalue weighted by atomic mass is 10.00. The van der Waals surface area contributed by atoms with Crippen LogP contribution in [0.5, 0.6) is 0 Å². The van der Waals surface area contributed by atoms with E-state index in [1.165, 1.54) is 13.0 Å². The molecule has 0 radical (unpaired) electrons. The molecule has 0 saturated carbocycles. The van der Waals surface area contributed by atoms with Gasteiger partial charge in [-0.2, -0.15) is 0 Å². The van der Waals surface area contributed by atoms with Gasteiger partial charge >= 0.3 is 0 Å². The summed E-state index contributed by atoms with van der Waals surface area (Å²) in [6.45, 7) is 3.97. The van der Waals surface area contributed by atoms with Gasteiger partial charge in [-0.3, -0.25) is 9.59 Å². The third kappa shape index (κ3) is 3.70. The molecule has 0 aliphatic rings. The summed E-state index contributed by atoms with van der Waals surface area (Å²) in [5.74, 6) is -0.555. The summed E-state index contributed by atoms with van der Waals surface area (Å²) in [6, 6.07) is 14.2. The van der Waals surface area contributed by atoms with Crippen LogP contribution in [-0.2, 0) is 19.5 Å². The molecule has 31 heavy (non-hydrogen) atoms. The Labute approximate surface area is 179 Å². The molecule has 2 aromatic heterocycles. The fourth-order valence-electron chi connectivity index (χ4n) is 4.09. The molecule has 5 nitrogen and oxygen atoms in total. The Balaban J connectivity index is 2.06. The van der Waals surface area contributed by atoms with Gasteiger partial charge in [-0.15, -0.1) is 0 Å². The first-order chi connectivity index (χ1) is 14.9. The molecule has 0 aliphatic heterocycles. The van der Waals surface area contributed by atoms with Gasteiger partial charge in [0.15, 0.2) is 5.78 Å². The van der Waals surface area contributed by atoms with Gasteiger partial charge < -0.3 is 15.3 Å². The van der Waals surface area contributed by atoms with Crippen LogP contribution in [0.25, 0.3) is 22.0 Å². The zero-order valence-electron chi connectivity index (χ0n) is 17.5. The SMILES string of the molecule is CCc1ccc2c(c1)c(-c1ccc[nH]c1=O)c(C(C)=O)n2Cc1cc(CN)ccc1F. The van der Waals surface area contributed by atoms with Gasteiger partial charge in [-0.1, -0.05) is 19.1 Å². The van der Waals surface area contributed by atoms with Crippen LogP contribution in [0.15, 0.2) is 59.5 Å². The summed E-state index contributed by atoms with van der Waals surface area (Å²) in [7, 11) is 0. The molecule has 2 aromatic carbocycles. The molecule has 0 spiro atoms. The van der Waals surface area contributed by atoms with Crippen LogP contribution >= 0.6 is 0 Å². The largest absolute Gasteiger partial charge is 0.333 e. The molecule has 0 unspecified atom stereocenters. The number of H-pyrrole nitrogens is 1. The van der Waals surface area contributed by atoms with Crippen LogP contribution in [0.3, 0.4) is 0 Å². The average Bonchev–Trinajstić information content (AvgIpc) is 3.09. The molecule has 2 heterocycles. The first-order valence-corrected chi connectivity index (χ1v) is 10.3. The van der Waals surface area contributed by atoms with Crippen LogP contribution in [0.1, 0.15) is 41.0 Å². The number of rotatable bonds is 6. The van der Waals surface area contributed by atoms with Gasteiger partial charge in [0.1, 0.15) is 5.82 Å². The molecule has 6 heteroatoms. The molecule has 4 rings (SSSR count). The highest BCUT2D eigenvalue weighted by molar-refractivity contribution is 6.10. The number of aromatic amines is 1. The third-order valence-electron chi connectivity index (χ3n) is 5.63. The summed E-state index contributed by atoms with van der Waals surface area (Å²) >= 11 is 0. The van der Waals surface area contributed by atoms with Gasteiger partial charge in [0, 0.05) is 47.3 Å². The summed E-state index contributed by atoms with van der Waals surface area (Å²) in [4.78, 5) is 28.2. The minimum atomic E-state index is -0.363. The summed E-state index contributed by atoms with van der Waals surface area (Å²) < 4.78 is 16.4. The van der Waals surface area contributed by atoms with E-state index in [4.69, 9.17) is 5.73 Å². The van der Waals surface area contributed by atoms with Crippen LogP contribution < -0.4 is 11.3 Å². The molecular formula is C25H24FN3O2. The number of nitrogens with zero attached hydrogens (tertiary/aromatic N) is 1. The number of aryl methyl sites for hydroxylation is 1. The molecule has 4 aromatic rings. The number of nitrogens with two attached hydrogens (primary N) is 1. The van der Waals surface area contributed by atoms with Crippen molar-refractivity contribution in [1.82, 2.24) is 9.55 Å². The Morgan fingerprint density at radius 3 is 2.58 bits per heavy atom. The van der Waals surface area contributed by atoms with Crippen LogP contribution in [0.4, 0.5) is 4.39 Å². The fraction of sp³-hybridized carbons (Fsp3) is 0.200. The second-order valence-electron chi connectivity index (χ2n) is 7.61. The van der Waals surface area contributed by atoms with Crippen molar-refractivity contribution in [3.8, 4) is 11.1 Å². The summed E-state index contributed by atoms with van der Waals surface area (Å²) in [5, 5.41) is 0.802. The van der Waals surface area contributed by atoms with E-state index in [9.17, 15) is 14.0 Å². The van der Waals surface area contributed by atoms with Crippen LogP contribution in [0.2, 0.25) is 0 Å². The highest BCUT2D eigenvalue weighted by atomic mass is 19.1. The highest BCUT2D eigenvalue weighted by Crippen LogP contribution is 2.35. The molecule has 158 valence electrons. The Kier molecular flexibility index (Phi) is 5.57. The smallest absolute Gasteiger partial charge is 0.255 e. The second-order valence-corrected chi connectivity index (χ2v) is 7.61. The Morgan fingerprint density at radius 2 is 1.90 bits per heavy atom. The number of pyridine rings is 1. The van der Waals surface area contributed by atoms with Crippen molar-refractivity contribution < 1.29 is 9.18 Å². The van der Waals surface area contributed by atoms with E-state index < -0.39 is 0 Å². The topological polar surface area (TPSA) is 80.9 Å². The Hall–Kier alpha value is -3.51. The third-order valence-corrected chi connectivity index (χ3v) is 5.63. The van der Waals surface area contributed by atoms with Gasteiger partial charge in [-0.05, 0) is 53.9 Å². The number of ketones is 1. The van der Waals surface area contributed by atoms with Gasteiger partial charge in [0.05, 0.1) is 12.2 Å². The van der Waals surface area contributed by atoms with E-state index in [2.05, 4.69) is 4.98 Å². The van der Waals surface area contributed by atoms with E-state index in [0.717, 1.165) is 28.5 Å². The molecule has 0 aliphatic carbocycles. The molecule has 3 N–H and O–H groups in total. The number of hydrogen-bond acceptors (Lipinski definition) is 3. The summed E-state index contributed by atoms with van der Waals surface area (Å²) in [5.41, 5.74) is 9.96. The van der Waals surface area contributed by atoms with E-state index in [1.807, 2.05) is 25.1 Å². The zero-order valence-corrected chi connectivity index (χ0v) is 17.5. The normalized spacial score (nSPS) is 11.2. The predicted molar refractivity (Wildman–Crippen MR) is 121 cm³/mol. The zero-order chi connectivity index (χ0) is 22.1. The van der Waals surface area contributed by atoms with Crippen molar-refractivity contribution in [1.29, 1.82) is 0 Å². The van der Waals surface area contributed by atoms with Gasteiger partial charge in [0.2, 0.25) is 0 Å². The van der Waals surface area contributed by atoms with Crippen molar-refractivity contribution in [2.75, 3.05) is 0 Å². The highest BCUT2D eigenvalue weighted by Gasteiger charge is 2.24. The molecule has 0 fully saturated rings. The number of fused-ring (bicyclic) bond motifs is 1. The lowest BCUT2D eigenvalue weighted by Crippen LogP contribution is -2.13. The maximum Gasteiger partial charge on any atom is 0.255 e. The minimum Gasteiger partial charge on any atom is -0.333 e. The number of Topliss-reactive ketones (excluding diaryl/α,β-unsaturated/α-hetero) is 1. The Bertz CT molecular complexity index is 1350. The first kappa shape index (κ1) is 20.8. The van der Waals surface area contributed by atoms with Gasteiger partial charge in [0.25, 0.3) is 5.56 Å². The number of hydrogen-bond donors (Lipinski definition) is 2. The first-order valence-electron chi connectivity index (χ1n) is 10.3. The van der Waals surface area contributed by atoms with Crippen LogP contribution in [0, 0.1) is 5.82 Å². The molecular weight excluding hydrogens is 393 g/mol. The molecule has 0 atom stereocenters. The second kappa shape index (κ2) is 8.32. The van der Waals surface area contributed by atoms with Gasteiger partial charge in [-0.25, -0.2) is 4.39 Å². The Morgan fingerprint density at radius 1 is 1.13 bits per heavy atom.